The summed E-state index contributed by atoms with van der Waals surface area (Å²) in [6, 6.07) is 7.79. The normalized spacial score (nSPS) is 33.5. The SMILES string of the molecule is C=CC1CCC(C2CCC(c3ccc(O)cc3)CC2)CO1. The zero-order valence-electron chi connectivity index (χ0n) is 12.7. The van der Waals surface area contributed by atoms with Crippen LogP contribution in [0.15, 0.2) is 36.9 Å². The van der Waals surface area contributed by atoms with Gasteiger partial charge in [-0.05, 0) is 74.0 Å². The van der Waals surface area contributed by atoms with Crippen molar-refractivity contribution >= 4 is 0 Å². The third-order valence-electron chi connectivity index (χ3n) is 5.41. The summed E-state index contributed by atoms with van der Waals surface area (Å²) in [4.78, 5) is 0. The molecule has 1 aromatic rings. The molecule has 21 heavy (non-hydrogen) atoms. The van der Waals surface area contributed by atoms with Gasteiger partial charge in [0.15, 0.2) is 0 Å². The van der Waals surface area contributed by atoms with Crippen LogP contribution in [0, 0.1) is 11.8 Å². The zero-order chi connectivity index (χ0) is 14.7. The molecule has 0 spiro atoms. The number of phenolic OH excluding ortho intramolecular Hbond substituents is 1. The number of hydrogen-bond donors (Lipinski definition) is 1. The molecule has 2 nitrogen and oxygen atoms in total. The van der Waals surface area contributed by atoms with Gasteiger partial charge in [0.1, 0.15) is 5.75 Å². The minimum Gasteiger partial charge on any atom is -0.508 e. The minimum atomic E-state index is 0.287. The van der Waals surface area contributed by atoms with Gasteiger partial charge < -0.3 is 9.84 Å². The van der Waals surface area contributed by atoms with E-state index in [4.69, 9.17) is 4.74 Å². The predicted octanol–water partition coefficient (Wildman–Crippen LogP) is 4.65. The van der Waals surface area contributed by atoms with E-state index in [1.54, 1.807) is 0 Å². The summed E-state index contributed by atoms with van der Waals surface area (Å²) in [6.45, 7) is 4.75. The summed E-state index contributed by atoms with van der Waals surface area (Å²) >= 11 is 0. The van der Waals surface area contributed by atoms with E-state index in [2.05, 4.69) is 18.7 Å². The van der Waals surface area contributed by atoms with E-state index in [0.717, 1.165) is 24.9 Å². The van der Waals surface area contributed by atoms with Crippen molar-refractivity contribution in [3.63, 3.8) is 0 Å². The van der Waals surface area contributed by atoms with Gasteiger partial charge in [-0.1, -0.05) is 18.2 Å². The molecule has 2 fully saturated rings. The maximum Gasteiger partial charge on any atom is 0.115 e. The molecule has 2 atom stereocenters. The fraction of sp³-hybridized carbons (Fsp3) is 0.579. The van der Waals surface area contributed by atoms with Crippen LogP contribution in [0.1, 0.15) is 50.0 Å². The molecule has 1 aliphatic heterocycles. The standard InChI is InChI=1S/C19H26O2/c1-2-19-12-9-17(13-21-19)16-5-3-14(4-6-16)15-7-10-18(20)11-8-15/h2,7-8,10-11,14,16-17,19-20H,1,3-6,9,12-13H2. The number of hydrogen-bond acceptors (Lipinski definition) is 2. The summed E-state index contributed by atoms with van der Waals surface area (Å²) in [7, 11) is 0. The quantitative estimate of drug-likeness (QED) is 0.820. The highest BCUT2D eigenvalue weighted by Crippen LogP contribution is 2.41. The number of aromatic hydroxyl groups is 1. The lowest BCUT2D eigenvalue weighted by molar-refractivity contribution is -0.0147. The maximum atomic E-state index is 9.39. The highest BCUT2D eigenvalue weighted by atomic mass is 16.5. The van der Waals surface area contributed by atoms with Gasteiger partial charge in [-0.15, -0.1) is 6.58 Å². The van der Waals surface area contributed by atoms with E-state index in [-0.39, 0.29) is 6.10 Å². The van der Waals surface area contributed by atoms with Gasteiger partial charge in [0.2, 0.25) is 0 Å². The first kappa shape index (κ1) is 14.6. The molecular formula is C19H26O2. The van der Waals surface area contributed by atoms with Crippen molar-refractivity contribution < 1.29 is 9.84 Å². The lowest BCUT2D eigenvalue weighted by Crippen LogP contribution is -2.31. The van der Waals surface area contributed by atoms with Crippen molar-refractivity contribution in [3.8, 4) is 5.75 Å². The number of benzene rings is 1. The van der Waals surface area contributed by atoms with E-state index in [0.29, 0.717) is 11.7 Å². The molecule has 0 radical (unpaired) electrons. The highest BCUT2D eigenvalue weighted by molar-refractivity contribution is 5.28. The van der Waals surface area contributed by atoms with Gasteiger partial charge in [0.05, 0.1) is 12.7 Å². The van der Waals surface area contributed by atoms with Crippen LogP contribution in [0.2, 0.25) is 0 Å². The molecule has 2 aliphatic rings. The number of ether oxygens (including phenoxy) is 1. The molecule has 1 aliphatic carbocycles. The molecular weight excluding hydrogens is 260 g/mol. The molecule has 0 bridgehead atoms. The zero-order valence-corrected chi connectivity index (χ0v) is 12.7. The van der Waals surface area contributed by atoms with Crippen molar-refractivity contribution in [3.05, 3.63) is 42.5 Å². The number of rotatable bonds is 3. The molecule has 2 unspecified atom stereocenters. The van der Waals surface area contributed by atoms with Crippen molar-refractivity contribution in [2.45, 2.75) is 50.5 Å². The second-order valence-electron chi connectivity index (χ2n) is 6.65. The predicted molar refractivity (Wildman–Crippen MR) is 85.5 cm³/mol. The lowest BCUT2D eigenvalue weighted by atomic mass is 9.72. The second kappa shape index (κ2) is 6.65. The Balaban J connectivity index is 1.51. The third kappa shape index (κ3) is 3.49. The van der Waals surface area contributed by atoms with E-state index in [1.165, 1.54) is 37.7 Å². The Morgan fingerprint density at radius 1 is 0.952 bits per heavy atom. The van der Waals surface area contributed by atoms with E-state index >= 15 is 0 Å². The average molecular weight is 286 g/mol. The Labute approximate surface area is 127 Å². The topological polar surface area (TPSA) is 29.5 Å². The van der Waals surface area contributed by atoms with E-state index in [1.807, 2.05) is 18.2 Å². The first-order valence-corrected chi connectivity index (χ1v) is 8.29. The van der Waals surface area contributed by atoms with Crippen LogP contribution in [-0.4, -0.2) is 17.8 Å². The monoisotopic (exact) mass is 286 g/mol. The Kier molecular flexibility index (Phi) is 4.64. The van der Waals surface area contributed by atoms with Crippen LogP contribution in [-0.2, 0) is 4.74 Å². The molecule has 0 amide bonds. The molecule has 114 valence electrons. The Morgan fingerprint density at radius 2 is 1.62 bits per heavy atom. The highest BCUT2D eigenvalue weighted by Gasteiger charge is 2.31. The van der Waals surface area contributed by atoms with Gasteiger partial charge in [0, 0.05) is 0 Å². The molecule has 2 heteroatoms. The fourth-order valence-corrected chi connectivity index (χ4v) is 4.02. The van der Waals surface area contributed by atoms with Crippen LogP contribution in [0.3, 0.4) is 0 Å². The second-order valence-corrected chi connectivity index (χ2v) is 6.65. The fourth-order valence-electron chi connectivity index (χ4n) is 4.02. The summed E-state index contributed by atoms with van der Waals surface area (Å²) in [5, 5.41) is 9.39. The van der Waals surface area contributed by atoms with Crippen LogP contribution in [0.5, 0.6) is 5.75 Å². The minimum absolute atomic E-state index is 0.287. The average Bonchev–Trinajstić information content (AvgIpc) is 2.56. The molecule has 1 heterocycles. The molecule has 1 aromatic carbocycles. The lowest BCUT2D eigenvalue weighted by Gasteiger charge is -2.37. The molecule has 1 N–H and O–H groups in total. The van der Waals surface area contributed by atoms with Gasteiger partial charge in [-0.25, -0.2) is 0 Å². The summed E-state index contributed by atoms with van der Waals surface area (Å²) in [5.74, 6) is 2.63. The van der Waals surface area contributed by atoms with Crippen molar-refractivity contribution in [1.29, 1.82) is 0 Å². The van der Waals surface area contributed by atoms with E-state index < -0.39 is 0 Å². The summed E-state index contributed by atoms with van der Waals surface area (Å²) in [6.07, 6.45) is 9.86. The van der Waals surface area contributed by atoms with E-state index in [9.17, 15) is 5.11 Å². The third-order valence-corrected chi connectivity index (χ3v) is 5.41. The van der Waals surface area contributed by atoms with Crippen LogP contribution < -0.4 is 0 Å². The first-order valence-electron chi connectivity index (χ1n) is 8.29. The first-order chi connectivity index (χ1) is 10.3. The number of phenols is 1. The van der Waals surface area contributed by atoms with Crippen molar-refractivity contribution in [2.75, 3.05) is 6.61 Å². The molecule has 1 saturated heterocycles. The van der Waals surface area contributed by atoms with Gasteiger partial charge in [0.25, 0.3) is 0 Å². The van der Waals surface area contributed by atoms with Crippen molar-refractivity contribution in [2.24, 2.45) is 11.8 Å². The van der Waals surface area contributed by atoms with Gasteiger partial charge >= 0.3 is 0 Å². The Hall–Kier alpha value is -1.28. The van der Waals surface area contributed by atoms with Crippen LogP contribution >= 0.6 is 0 Å². The summed E-state index contributed by atoms with van der Waals surface area (Å²) < 4.78 is 5.87. The smallest absolute Gasteiger partial charge is 0.115 e. The Bertz CT molecular complexity index is 449. The van der Waals surface area contributed by atoms with Crippen LogP contribution in [0.4, 0.5) is 0 Å². The van der Waals surface area contributed by atoms with Crippen LogP contribution in [0.25, 0.3) is 0 Å². The maximum absolute atomic E-state index is 9.39. The molecule has 1 saturated carbocycles. The van der Waals surface area contributed by atoms with Gasteiger partial charge in [-0.2, -0.15) is 0 Å². The van der Waals surface area contributed by atoms with Crippen molar-refractivity contribution in [1.82, 2.24) is 0 Å². The largest absolute Gasteiger partial charge is 0.508 e. The molecule has 3 rings (SSSR count). The summed E-state index contributed by atoms with van der Waals surface area (Å²) in [5.41, 5.74) is 1.39. The molecule has 0 aromatic heterocycles. The Morgan fingerprint density at radius 3 is 2.19 bits per heavy atom. The van der Waals surface area contributed by atoms with Gasteiger partial charge in [-0.3, -0.25) is 0 Å².